The lowest BCUT2D eigenvalue weighted by molar-refractivity contribution is -0.138. The lowest BCUT2D eigenvalue weighted by Crippen LogP contribution is -2.35. The Bertz CT molecular complexity index is 470. The monoisotopic (exact) mass is 402 g/mol. The van der Waals surface area contributed by atoms with Crippen LogP contribution in [0.3, 0.4) is 0 Å². The highest BCUT2D eigenvalue weighted by Gasteiger charge is 2.28. The quantitative estimate of drug-likeness (QED) is 0.181. The molecule has 0 aromatic carbocycles. The lowest BCUT2D eigenvalue weighted by atomic mass is 10.3. The van der Waals surface area contributed by atoms with E-state index in [4.69, 9.17) is 18.9 Å². The summed E-state index contributed by atoms with van der Waals surface area (Å²) in [6.07, 6.45) is 1.78. The molecule has 1 heterocycles. The Labute approximate surface area is 164 Å². The second kappa shape index (κ2) is 16.1. The van der Waals surface area contributed by atoms with Gasteiger partial charge >= 0.3 is 0 Å². The van der Waals surface area contributed by atoms with E-state index in [9.17, 15) is 19.2 Å². The van der Waals surface area contributed by atoms with Crippen LogP contribution in [0.5, 0.6) is 0 Å². The minimum atomic E-state index is -0.223. The number of imide groups is 1. The van der Waals surface area contributed by atoms with Crippen molar-refractivity contribution in [2.24, 2.45) is 0 Å². The zero-order chi connectivity index (χ0) is 20.5. The summed E-state index contributed by atoms with van der Waals surface area (Å²) in [6.45, 7) is 3.89. The van der Waals surface area contributed by atoms with E-state index in [2.05, 4.69) is 5.32 Å². The third kappa shape index (κ3) is 11.8. The molecule has 0 spiro atoms. The number of ether oxygens (including phenoxy) is 4. The molecule has 1 fully saturated rings. The van der Waals surface area contributed by atoms with E-state index in [-0.39, 0.29) is 43.5 Å². The smallest absolute Gasteiger partial charge is 0.229 e. The zero-order valence-electron chi connectivity index (χ0n) is 16.2. The number of nitrogens with zero attached hydrogens (tertiary/aromatic N) is 1. The van der Waals surface area contributed by atoms with Crippen LogP contribution in [0, 0.1) is 0 Å². The van der Waals surface area contributed by atoms with Crippen molar-refractivity contribution < 1.29 is 38.1 Å². The highest BCUT2D eigenvalue weighted by Crippen LogP contribution is 2.11. The molecule has 160 valence electrons. The molecule has 1 aliphatic rings. The Hall–Kier alpha value is -1.88. The zero-order valence-corrected chi connectivity index (χ0v) is 16.2. The highest BCUT2D eigenvalue weighted by molar-refractivity contribution is 6.02. The fourth-order valence-electron chi connectivity index (χ4n) is 2.33. The van der Waals surface area contributed by atoms with Gasteiger partial charge in [0.25, 0.3) is 0 Å². The molecule has 0 aromatic heterocycles. The van der Waals surface area contributed by atoms with Crippen molar-refractivity contribution in [1.82, 2.24) is 10.2 Å². The first kappa shape index (κ1) is 24.2. The van der Waals surface area contributed by atoms with E-state index in [1.165, 1.54) is 0 Å². The van der Waals surface area contributed by atoms with Crippen molar-refractivity contribution in [3.63, 3.8) is 0 Å². The van der Waals surface area contributed by atoms with Gasteiger partial charge in [0.1, 0.15) is 6.29 Å². The number of carbonyl (C=O) groups is 4. The molecule has 1 N–H and O–H groups in total. The van der Waals surface area contributed by atoms with Crippen LogP contribution in [0.4, 0.5) is 0 Å². The van der Waals surface area contributed by atoms with Crippen LogP contribution in [0.2, 0.25) is 0 Å². The minimum Gasteiger partial charge on any atom is -0.379 e. The average Bonchev–Trinajstić information content (AvgIpc) is 3.01. The Balaban J connectivity index is 1.80. The molecule has 0 aromatic rings. The third-order valence-corrected chi connectivity index (χ3v) is 3.78. The van der Waals surface area contributed by atoms with Crippen molar-refractivity contribution in [2.45, 2.75) is 25.7 Å². The van der Waals surface area contributed by atoms with E-state index in [0.717, 1.165) is 11.2 Å². The summed E-state index contributed by atoms with van der Waals surface area (Å²) in [5, 5.41) is 2.67. The molecular formula is C18H30N2O8. The second-order valence-electron chi connectivity index (χ2n) is 5.94. The largest absolute Gasteiger partial charge is 0.379 e. The van der Waals surface area contributed by atoms with E-state index in [0.29, 0.717) is 65.8 Å². The van der Waals surface area contributed by atoms with E-state index >= 15 is 0 Å². The summed E-state index contributed by atoms with van der Waals surface area (Å²) in [5.41, 5.74) is 0. The van der Waals surface area contributed by atoms with E-state index in [1.54, 1.807) is 0 Å². The molecule has 10 heteroatoms. The van der Waals surface area contributed by atoms with Crippen LogP contribution in [0.1, 0.15) is 25.7 Å². The Morgan fingerprint density at radius 2 is 1.36 bits per heavy atom. The minimum absolute atomic E-state index is 0.0999. The topological polar surface area (TPSA) is 120 Å². The number of hydrogen-bond donors (Lipinski definition) is 1. The first-order chi connectivity index (χ1) is 13.6. The number of carbonyl (C=O) groups excluding carboxylic acids is 4. The molecule has 0 atom stereocenters. The number of hydrogen-bond acceptors (Lipinski definition) is 8. The van der Waals surface area contributed by atoms with Crippen molar-refractivity contribution in [3.8, 4) is 0 Å². The molecule has 0 unspecified atom stereocenters. The highest BCUT2D eigenvalue weighted by atomic mass is 16.6. The van der Waals surface area contributed by atoms with Crippen molar-refractivity contribution in [1.29, 1.82) is 0 Å². The molecule has 1 rings (SSSR count). The van der Waals surface area contributed by atoms with Crippen LogP contribution in [-0.2, 0) is 38.1 Å². The Morgan fingerprint density at radius 3 is 1.89 bits per heavy atom. The van der Waals surface area contributed by atoms with Gasteiger partial charge in [-0.2, -0.15) is 0 Å². The van der Waals surface area contributed by atoms with Gasteiger partial charge in [-0.1, -0.05) is 0 Å². The fourth-order valence-corrected chi connectivity index (χ4v) is 2.33. The number of aldehydes is 1. The van der Waals surface area contributed by atoms with Gasteiger partial charge in [-0.25, -0.2) is 0 Å². The van der Waals surface area contributed by atoms with Gasteiger partial charge in [0.05, 0.1) is 52.9 Å². The molecule has 3 amide bonds. The molecular weight excluding hydrogens is 372 g/mol. The van der Waals surface area contributed by atoms with Gasteiger partial charge in [0.15, 0.2) is 0 Å². The van der Waals surface area contributed by atoms with Crippen molar-refractivity contribution >= 4 is 24.0 Å². The second-order valence-corrected chi connectivity index (χ2v) is 5.94. The van der Waals surface area contributed by atoms with Gasteiger partial charge < -0.3 is 29.1 Å². The van der Waals surface area contributed by atoms with Crippen LogP contribution in [0.15, 0.2) is 0 Å². The van der Waals surface area contributed by atoms with Gasteiger partial charge in [-0.15, -0.1) is 0 Å². The predicted molar refractivity (Wildman–Crippen MR) is 97.5 cm³/mol. The fraction of sp³-hybridized carbons (Fsp3) is 0.778. The van der Waals surface area contributed by atoms with E-state index in [1.807, 2.05) is 0 Å². The van der Waals surface area contributed by atoms with Gasteiger partial charge in [0, 0.05) is 38.8 Å². The van der Waals surface area contributed by atoms with E-state index < -0.39 is 0 Å². The molecule has 10 nitrogen and oxygen atoms in total. The summed E-state index contributed by atoms with van der Waals surface area (Å²) in [5.74, 6) is -0.649. The number of nitrogens with one attached hydrogen (secondary N) is 1. The first-order valence-electron chi connectivity index (χ1n) is 9.49. The molecule has 0 saturated carbocycles. The number of likely N-dealkylation sites (tertiary alicyclic amines) is 1. The summed E-state index contributed by atoms with van der Waals surface area (Å²) in [7, 11) is 0. The van der Waals surface area contributed by atoms with Gasteiger partial charge in [0.2, 0.25) is 17.7 Å². The third-order valence-electron chi connectivity index (χ3n) is 3.78. The summed E-state index contributed by atoms with van der Waals surface area (Å²) in [6, 6.07) is 0. The first-order valence-corrected chi connectivity index (χ1v) is 9.49. The van der Waals surface area contributed by atoms with Crippen LogP contribution < -0.4 is 5.32 Å². The lowest BCUT2D eigenvalue weighted by Gasteiger charge is -2.13. The standard InChI is InChI=1S/C18H30N2O8/c21-7-1-8-25-10-12-27-14-15-28-13-11-26-9-5-19-16(22)4-6-20-17(23)2-3-18(20)24/h7H,1-6,8-15H2,(H,19,22). The maximum absolute atomic E-state index is 11.7. The maximum atomic E-state index is 11.7. The Morgan fingerprint density at radius 1 is 0.857 bits per heavy atom. The number of amides is 3. The molecule has 1 aliphatic heterocycles. The molecule has 28 heavy (non-hydrogen) atoms. The molecule has 0 bridgehead atoms. The number of rotatable bonds is 18. The predicted octanol–water partition coefficient (Wildman–Crippen LogP) is -0.703. The van der Waals surface area contributed by atoms with Gasteiger partial charge in [-0.05, 0) is 0 Å². The summed E-state index contributed by atoms with van der Waals surface area (Å²) < 4.78 is 21.1. The van der Waals surface area contributed by atoms with Gasteiger partial charge in [-0.3, -0.25) is 19.3 Å². The van der Waals surface area contributed by atoms with Crippen molar-refractivity contribution in [3.05, 3.63) is 0 Å². The van der Waals surface area contributed by atoms with Crippen molar-refractivity contribution in [2.75, 3.05) is 65.9 Å². The van der Waals surface area contributed by atoms with Crippen LogP contribution >= 0.6 is 0 Å². The summed E-state index contributed by atoms with van der Waals surface area (Å²) >= 11 is 0. The average molecular weight is 402 g/mol. The van der Waals surface area contributed by atoms with Crippen LogP contribution in [0.25, 0.3) is 0 Å². The summed E-state index contributed by atoms with van der Waals surface area (Å²) in [4.78, 5) is 45.7. The maximum Gasteiger partial charge on any atom is 0.229 e. The molecule has 0 aliphatic carbocycles. The van der Waals surface area contributed by atoms with Crippen LogP contribution in [-0.4, -0.2) is 94.9 Å². The molecule has 1 saturated heterocycles. The SMILES string of the molecule is O=CCCOCCOCCOCCOCCNC(=O)CCN1C(=O)CCC1=O. The molecule has 0 radical (unpaired) electrons. The Kier molecular flexibility index (Phi) is 13.9. The normalized spacial score (nSPS) is 13.9.